The molecule has 2 N–H and O–H groups in total. The molecular formula is C56H51N3. The van der Waals surface area contributed by atoms with E-state index in [1.54, 1.807) is 0 Å². The first-order valence-corrected chi connectivity index (χ1v) is 19.9. The summed E-state index contributed by atoms with van der Waals surface area (Å²) in [6.45, 7) is 8.14. The Bertz CT molecular complexity index is 2620. The molecule has 0 unspecified atom stereocenters. The van der Waals surface area contributed by atoms with Crippen molar-refractivity contribution < 1.29 is 0 Å². The molecule has 6 aromatic carbocycles. The van der Waals surface area contributed by atoms with Gasteiger partial charge in [0.25, 0.3) is 0 Å². The highest BCUT2D eigenvalue weighted by molar-refractivity contribution is 5.86. The van der Waals surface area contributed by atoms with Crippen molar-refractivity contribution in [2.24, 2.45) is 0 Å². The molecule has 3 heteroatoms. The van der Waals surface area contributed by atoms with Crippen LogP contribution in [-0.4, -0.2) is 0 Å². The van der Waals surface area contributed by atoms with E-state index in [0.29, 0.717) is 0 Å². The zero-order valence-electron chi connectivity index (χ0n) is 33.8. The van der Waals surface area contributed by atoms with Crippen LogP contribution in [0, 0.1) is 0 Å². The van der Waals surface area contributed by atoms with E-state index < -0.39 is 0 Å². The molecule has 6 rings (SSSR count). The zero-order valence-corrected chi connectivity index (χ0v) is 33.8. The van der Waals surface area contributed by atoms with Crippen LogP contribution in [0.25, 0.3) is 39.8 Å². The Balaban J connectivity index is 1.29. The van der Waals surface area contributed by atoms with Crippen LogP contribution < -0.4 is 15.5 Å². The van der Waals surface area contributed by atoms with Crippen LogP contribution in [0.15, 0.2) is 255 Å². The molecule has 0 fully saturated rings. The third kappa shape index (κ3) is 12.4. The lowest BCUT2D eigenvalue weighted by Crippen LogP contribution is -2.20. The van der Waals surface area contributed by atoms with Crippen molar-refractivity contribution in [3.05, 3.63) is 271 Å². The highest BCUT2D eigenvalue weighted by Gasteiger charge is 2.14. The highest BCUT2D eigenvalue weighted by atomic mass is 15.1. The van der Waals surface area contributed by atoms with Crippen molar-refractivity contribution in [1.82, 2.24) is 5.32 Å². The van der Waals surface area contributed by atoms with Crippen LogP contribution in [-0.2, 0) is 0 Å². The minimum Gasteiger partial charge on any atom is -0.362 e. The predicted octanol–water partition coefficient (Wildman–Crippen LogP) is 15.0. The Morgan fingerprint density at radius 2 is 1.12 bits per heavy atom. The van der Waals surface area contributed by atoms with Gasteiger partial charge in [-0.25, -0.2) is 0 Å². The fourth-order valence-corrected chi connectivity index (χ4v) is 6.42. The normalized spacial score (nSPS) is 13.2. The summed E-state index contributed by atoms with van der Waals surface area (Å²) in [6.07, 6.45) is 36.9. The third-order valence-corrected chi connectivity index (χ3v) is 9.41. The van der Waals surface area contributed by atoms with Gasteiger partial charge in [-0.3, -0.25) is 0 Å². The van der Waals surface area contributed by atoms with Gasteiger partial charge in [-0.05, 0) is 125 Å². The SMILES string of the molecule is C=C/C=C(\C=C/c1ccccc1)N(C(/C=C\c1ccc2ccccc2c1)=C/C=C/NC(/C=C\C)=C/C)c1ccc(\C=C/C=C\C=C\Nc2ccc3ccccc3c2)cc1. The number of benzene rings is 6. The van der Waals surface area contributed by atoms with Crippen molar-refractivity contribution in [2.75, 3.05) is 10.2 Å². The predicted molar refractivity (Wildman–Crippen MR) is 259 cm³/mol. The van der Waals surface area contributed by atoms with Gasteiger partial charge in [0.2, 0.25) is 0 Å². The first-order chi connectivity index (χ1) is 29.1. The van der Waals surface area contributed by atoms with E-state index in [1.807, 2.05) is 87.0 Å². The van der Waals surface area contributed by atoms with Crippen LogP contribution in [0.3, 0.4) is 0 Å². The second-order valence-electron chi connectivity index (χ2n) is 13.6. The van der Waals surface area contributed by atoms with Gasteiger partial charge in [0, 0.05) is 40.9 Å². The molecule has 0 saturated carbocycles. The molecule has 0 aliphatic rings. The molecule has 0 atom stereocenters. The number of hydrogen-bond donors (Lipinski definition) is 2. The monoisotopic (exact) mass is 765 g/mol. The van der Waals surface area contributed by atoms with E-state index >= 15 is 0 Å². The van der Waals surface area contributed by atoms with Crippen molar-refractivity contribution in [3.63, 3.8) is 0 Å². The summed E-state index contributed by atoms with van der Waals surface area (Å²) in [5.41, 5.74) is 8.32. The highest BCUT2D eigenvalue weighted by Crippen LogP contribution is 2.29. The van der Waals surface area contributed by atoms with Crippen molar-refractivity contribution in [3.8, 4) is 0 Å². The molecule has 0 spiro atoms. The third-order valence-electron chi connectivity index (χ3n) is 9.41. The van der Waals surface area contributed by atoms with Crippen molar-refractivity contribution in [1.29, 1.82) is 0 Å². The molecule has 0 aliphatic carbocycles. The summed E-state index contributed by atoms with van der Waals surface area (Å²) < 4.78 is 0. The molecule has 0 saturated heterocycles. The minimum absolute atomic E-state index is 0.956. The maximum Gasteiger partial charge on any atom is 0.0462 e. The van der Waals surface area contributed by atoms with Gasteiger partial charge in [-0.15, -0.1) is 0 Å². The van der Waals surface area contributed by atoms with Gasteiger partial charge in [0.1, 0.15) is 0 Å². The molecule has 0 heterocycles. The molecule has 0 amide bonds. The number of allylic oxidation sites excluding steroid dienone is 13. The number of nitrogens with one attached hydrogen (secondary N) is 2. The van der Waals surface area contributed by atoms with Crippen molar-refractivity contribution in [2.45, 2.75) is 13.8 Å². The van der Waals surface area contributed by atoms with Gasteiger partial charge in [-0.2, -0.15) is 0 Å². The average Bonchev–Trinajstić information content (AvgIpc) is 3.28. The van der Waals surface area contributed by atoms with Gasteiger partial charge >= 0.3 is 0 Å². The molecule has 0 aromatic heterocycles. The second kappa shape index (κ2) is 22.2. The lowest BCUT2D eigenvalue weighted by atomic mass is 10.1. The standard InChI is InChI=1S/C56H51N3/c1-4-19-52(6-3)57-42-18-28-55(40-33-47-29-34-48-24-13-15-26-50(48)43-47)59(54(20-5-2)37-30-45-21-11-9-12-22-45)56-38-31-46(32-39-56)23-10-7-8-17-41-58-53-36-35-49-25-14-16-27-51(49)44-53/h4-44,57-58H,2H2,1,3H3/b8-7-,19-4-,23-10-,37-30-,40-33-,41-17+,42-18+,52-6+,54-20+,55-28+. The second-order valence-corrected chi connectivity index (χ2v) is 13.6. The maximum atomic E-state index is 4.10. The summed E-state index contributed by atoms with van der Waals surface area (Å²) >= 11 is 0. The molecule has 0 aliphatic heterocycles. The van der Waals surface area contributed by atoms with E-state index in [0.717, 1.165) is 45.2 Å². The smallest absolute Gasteiger partial charge is 0.0462 e. The maximum absolute atomic E-state index is 4.10. The summed E-state index contributed by atoms with van der Waals surface area (Å²) in [5.74, 6) is 0. The van der Waals surface area contributed by atoms with Crippen molar-refractivity contribution >= 4 is 51.1 Å². The van der Waals surface area contributed by atoms with E-state index in [4.69, 9.17) is 0 Å². The van der Waals surface area contributed by atoms with Crippen LogP contribution in [0.5, 0.6) is 0 Å². The fraction of sp³-hybridized carbons (Fsp3) is 0.0357. The first-order valence-electron chi connectivity index (χ1n) is 19.9. The zero-order chi connectivity index (χ0) is 40.9. The average molecular weight is 766 g/mol. The van der Waals surface area contributed by atoms with E-state index in [-0.39, 0.29) is 0 Å². The van der Waals surface area contributed by atoms with Gasteiger partial charge in [-0.1, -0.05) is 170 Å². The number of nitrogens with zero attached hydrogens (tertiary/aromatic N) is 1. The molecule has 6 aromatic rings. The van der Waals surface area contributed by atoms with Gasteiger partial charge < -0.3 is 15.5 Å². The van der Waals surface area contributed by atoms with Gasteiger partial charge in [0.05, 0.1) is 0 Å². The number of hydrogen-bond acceptors (Lipinski definition) is 3. The Hall–Kier alpha value is -7.62. The van der Waals surface area contributed by atoms with Crippen LogP contribution >= 0.6 is 0 Å². The number of fused-ring (bicyclic) bond motifs is 2. The summed E-state index contributed by atoms with van der Waals surface area (Å²) in [7, 11) is 0. The van der Waals surface area contributed by atoms with Crippen LogP contribution in [0.4, 0.5) is 11.4 Å². The van der Waals surface area contributed by atoms with E-state index in [1.165, 1.54) is 21.5 Å². The summed E-state index contributed by atoms with van der Waals surface area (Å²) in [5, 5.41) is 11.6. The summed E-state index contributed by atoms with van der Waals surface area (Å²) in [4.78, 5) is 2.26. The molecule has 59 heavy (non-hydrogen) atoms. The lowest BCUT2D eigenvalue weighted by Gasteiger charge is -2.27. The molecule has 290 valence electrons. The quantitative estimate of drug-likeness (QED) is 0.0906. The molecule has 0 bridgehead atoms. The van der Waals surface area contributed by atoms with Crippen LogP contribution in [0.1, 0.15) is 30.5 Å². The van der Waals surface area contributed by atoms with Crippen LogP contribution in [0.2, 0.25) is 0 Å². The minimum atomic E-state index is 0.956. The molecule has 0 radical (unpaired) electrons. The van der Waals surface area contributed by atoms with E-state index in [2.05, 4.69) is 198 Å². The van der Waals surface area contributed by atoms with E-state index in [9.17, 15) is 0 Å². The number of anilines is 2. The largest absolute Gasteiger partial charge is 0.362 e. The Morgan fingerprint density at radius 1 is 0.508 bits per heavy atom. The lowest BCUT2D eigenvalue weighted by molar-refractivity contribution is 1.10. The Morgan fingerprint density at radius 3 is 1.83 bits per heavy atom. The molecular weight excluding hydrogens is 715 g/mol. The summed E-state index contributed by atoms with van der Waals surface area (Å²) in [6, 6.07) is 48.7. The first kappa shape index (κ1) is 41.0. The topological polar surface area (TPSA) is 27.3 Å². The Kier molecular flexibility index (Phi) is 15.4. The fourth-order valence-electron chi connectivity index (χ4n) is 6.42. The number of rotatable bonds is 17. The van der Waals surface area contributed by atoms with Gasteiger partial charge in [0.15, 0.2) is 0 Å². The molecule has 3 nitrogen and oxygen atoms in total. The Labute approximate surface area is 350 Å².